The van der Waals surface area contributed by atoms with Crippen LogP contribution in [0.2, 0.25) is 0 Å². The Hall–Kier alpha value is -1.71. The summed E-state index contributed by atoms with van der Waals surface area (Å²) < 4.78 is 24.9. The number of halogens is 1. The van der Waals surface area contributed by atoms with E-state index in [0.717, 1.165) is 18.4 Å². The smallest absolute Gasteiger partial charge is 0.226 e. The predicted molar refractivity (Wildman–Crippen MR) is 79.3 cm³/mol. The molecular weight excluding hydrogens is 267 g/mol. The van der Waals surface area contributed by atoms with Crippen molar-refractivity contribution in [2.24, 2.45) is 0 Å². The Bertz CT molecular complexity index is 611. The van der Waals surface area contributed by atoms with Crippen LogP contribution in [0.4, 0.5) is 4.39 Å². The number of benzene rings is 2. The lowest BCUT2D eigenvalue weighted by atomic mass is 9.87. The summed E-state index contributed by atoms with van der Waals surface area (Å²) in [5.74, 6) is -1.03. The highest BCUT2D eigenvalue weighted by Crippen LogP contribution is 2.59. The Kier molecular flexibility index (Phi) is 3.56. The second-order valence-corrected chi connectivity index (χ2v) is 5.44. The van der Waals surface area contributed by atoms with E-state index in [2.05, 4.69) is 19.1 Å². The molecule has 0 amide bonds. The molecule has 1 saturated heterocycles. The molecule has 2 atom stereocenters. The highest BCUT2D eigenvalue weighted by atomic mass is 19.1. The van der Waals surface area contributed by atoms with Crippen molar-refractivity contribution in [1.82, 2.24) is 0 Å². The predicted octanol–water partition coefficient (Wildman–Crippen LogP) is 4.05. The SMILES string of the molecule is CCC1(Cc2ccccc2)OC1(OC)c1ccc(F)cc1. The first-order valence-electron chi connectivity index (χ1n) is 7.21. The average molecular weight is 286 g/mol. The molecule has 2 aromatic rings. The molecule has 0 radical (unpaired) electrons. The summed E-state index contributed by atoms with van der Waals surface area (Å²) in [4.78, 5) is 0. The third-order valence-corrected chi connectivity index (χ3v) is 4.31. The Morgan fingerprint density at radius 3 is 2.29 bits per heavy atom. The number of methoxy groups -OCH3 is 1. The van der Waals surface area contributed by atoms with Gasteiger partial charge in [-0.2, -0.15) is 0 Å². The monoisotopic (exact) mass is 286 g/mol. The van der Waals surface area contributed by atoms with Gasteiger partial charge < -0.3 is 9.47 Å². The van der Waals surface area contributed by atoms with Gasteiger partial charge in [0.1, 0.15) is 11.4 Å². The van der Waals surface area contributed by atoms with Crippen LogP contribution in [0.1, 0.15) is 24.5 Å². The lowest BCUT2D eigenvalue weighted by molar-refractivity contribution is -0.0151. The van der Waals surface area contributed by atoms with Gasteiger partial charge in [-0.15, -0.1) is 0 Å². The summed E-state index contributed by atoms with van der Waals surface area (Å²) in [5, 5.41) is 0. The number of hydrogen-bond acceptors (Lipinski definition) is 2. The number of ether oxygens (including phenoxy) is 2. The minimum absolute atomic E-state index is 0.254. The Labute approximate surface area is 124 Å². The number of rotatable bonds is 5. The molecule has 0 bridgehead atoms. The summed E-state index contributed by atoms with van der Waals surface area (Å²) in [6.07, 6.45) is 1.60. The standard InChI is InChI=1S/C18H19FO2/c1-3-17(13-14-7-5-4-6-8-14)18(20-2,21-17)15-9-11-16(19)12-10-15/h4-12H,3,13H2,1-2H3. The maximum Gasteiger partial charge on any atom is 0.226 e. The van der Waals surface area contributed by atoms with E-state index in [-0.39, 0.29) is 11.4 Å². The van der Waals surface area contributed by atoms with E-state index < -0.39 is 5.79 Å². The van der Waals surface area contributed by atoms with Gasteiger partial charge in [0.15, 0.2) is 0 Å². The first-order valence-corrected chi connectivity index (χ1v) is 7.21. The lowest BCUT2D eigenvalue weighted by Gasteiger charge is -2.18. The van der Waals surface area contributed by atoms with Gasteiger partial charge in [-0.1, -0.05) is 49.4 Å². The Morgan fingerprint density at radius 1 is 1.05 bits per heavy atom. The van der Waals surface area contributed by atoms with E-state index in [1.54, 1.807) is 19.2 Å². The number of hydrogen-bond donors (Lipinski definition) is 0. The highest BCUT2D eigenvalue weighted by molar-refractivity contribution is 5.33. The molecule has 2 aromatic carbocycles. The first kappa shape index (κ1) is 14.2. The summed E-state index contributed by atoms with van der Waals surface area (Å²) in [5.41, 5.74) is 1.69. The van der Waals surface area contributed by atoms with Crippen molar-refractivity contribution in [3.63, 3.8) is 0 Å². The van der Waals surface area contributed by atoms with Gasteiger partial charge in [-0.05, 0) is 24.1 Å². The van der Waals surface area contributed by atoms with E-state index in [1.165, 1.54) is 17.7 Å². The number of epoxide rings is 1. The normalized spacial score (nSPS) is 27.6. The van der Waals surface area contributed by atoms with Crippen LogP contribution in [0.25, 0.3) is 0 Å². The van der Waals surface area contributed by atoms with E-state index in [9.17, 15) is 4.39 Å². The van der Waals surface area contributed by atoms with Crippen LogP contribution in [0.15, 0.2) is 54.6 Å². The van der Waals surface area contributed by atoms with Crippen LogP contribution in [-0.4, -0.2) is 12.7 Å². The van der Waals surface area contributed by atoms with E-state index in [1.807, 2.05) is 18.2 Å². The Balaban J connectivity index is 1.92. The van der Waals surface area contributed by atoms with Crippen LogP contribution in [0, 0.1) is 5.82 Å². The topological polar surface area (TPSA) is 21.8 Å². The van der Waals surface area contributed by atoms with Gasteiger partial charge in [0, 0.05) is 19.1 Å². The molecule has 0 saturated carbocycles. The lowest BCUT2D eigenvalue weighted by Crippen LogP contribution is -2.27. The second-order valence-electron chi connectivity index (χ2n) is 5.44. The van der Waals surface area contributed by atoms with Gasteiger partial charge in [-0.3, -0.25) is 0 Å². The molecule has 2 unspecified atom stereocenters. The summed E-state index contributed by atoms with van der Waals surface area (Å²) >= 11 is 0. The quantitative estimate of drug-likeness (QED) is 0.774. The maximum absolute atomic E-state index is 13.1. The zero-order chi connectivity index (χ0) is 14.9. The van der Waals surface area contributed by atoms with Crippen LogP contribution in [-0.2, 0) is 21.7 Å². The van der Waals surface area contributed by atoms with Gasteiger partial charge in [-0.25, -0.2) is 4.39 Å². The molecule has 3 heteroatoms. The maximum atomic E-state index is 13.1. The van der Waals surface area contributed by atoms with Gasteiger partial charge >= 0.3 is 0 Å². The molecule has 1 aliphatic rings. The molecule has 21 heavy (non-hydrogen) atoms. The minimum Gasteiger partial charge on any atom is -0.347 e. The minimum atomic E-state index is -0.773. The highest BCUT2D eigenvalue weighted by Gasteiger charge is 2.70. The Morgan fingerprint density at radius 2 is 1.71 bits per heavy atom. The van der Waals surface area contributed by atoms with Crippen LogP contribution in [0.5, 0.6) is 0 Å². The van der Waals surface area contributed by atoms with Gasteiger partial charge in [0.25, 0.3) is 0 Å². The second kappa shape index (κ2) is 5.24. The fraction of sp³-hybridized carbons (Fsp3) is 0.333. The average Bonchev–Trinajstić information content (AvgIpc) is 3.18. The first-order chi connectivity index (χ1) is 10.2. The summed E-state index contributed by atoms with van der Waals surface area (Å²) in [6, 6.07) is 16.6. The van der Waals surface area contributed by atoms with E-state index in [4.69, 9.17) is 9.47 Å². The molecule has 0 spiro atoms. The van der Waals surface area contributed by atoms with Crippen LogP contribution >= 0.6 is 0 Å². The van der Waals surface area contributed by atoms with Gasteiger partial charge in [0.2, 0.25) is 5.79 Å². The van der Waals surface area contributed by atoms with Crippen molar-refractivity contribution in [2.75, 3.05) is 7.11 Å². The molecule has 0 aromatic heterocycles. The van der Waals surface area contributed by atoms with Crippen LogP contribution in [0.3, 0.4) is 0 Å². The molecule has 0 N–H and O–H groups in total. The molecule has 110 valence electrons. The zero-order valence-electron chi connectivity index (χ0n) is 12.3. The molecule has 0 aliphatic carbocycles. The largest absolute Gasteiger partial charge is 0.347 e. The van der Waals surface area contributed by atoms with Crippen LogP contribution < -0.4 is 0 Å². The fourth-order valence-electron chi connectivity index (χ4n) is 3.09. The third-order valence-electron chi connectivity index (χ3n) is 4.31. The van der Waals surface area contributed by atoms with Crippen molar-refractivity contribution in [3.05, 3.63) is 71.5 Å². The van der Waals surface area contributed by atoms with Crippen molar-refractivity contribution >= 4 is 0 Å². The summed E-state index contributed by atoms with van der Waals surface area (Å²) in [6.45, 7) is 2.09. The van der Waals surface area contributed by atoms with Crippen molar-refractivity contribution < 1.29 is 13.9 Å². The molecule has 3 rings (SSSR count). The molecule has 1 fully saturated rings. The summed E-state index contributed by atoms with van der Waals surface area (Å²) in [7, 11) is 1.64. The zero-order valence-corrected chi connectivity index (χ0v) is 12.3. The third kappa shape index (κ3) is 2.27. The van der Waals surface area contributed by atoms with E-state index >= 15 is 0 Å². The molecular formula is C18H19FO2. The molecule has 1 aliphatic heterocycles. The van der Waals surface area contributed by atoms with E-state index in [0.29, 0.717) is 0 Å². The van der Waals surface area contributed by atoms with Crippen molar-refractivity contribution in [3.8, 4) is 0 Å². The van der Waals surface area contributed by atoms with Crippen molar-refractivity contribution in [2.45, 2.75) is 31.2 Å². The van der Waals surface area contributed by atoms with Gasteiger partial charge in [0.05, 0.1) is 0 Å². The molecule has 2 nitrogen and oxygen atoms in total. The van der Waals surface area contributed by atoms with Crippen molar-refractivity contribution in [1.29, 1.82) is 0 Å². The fourth-order valence-corrected chi connectivity index (χ4v) is 3.09. The molecule has 1 heterocycles.